The van der Waals surface area contributed by atoms with E-state index >= 15 is 0 Å². The highest BCUT2D eigenvalue weighted by atomic mass is 32.1. The molecule has 0 spiro atoms. The number of H-pyrrole nitrogens is 1. The molecule has 1 aliphatic rings. The molecule has 0 saturated carbocycles. The minimum atomic E-state index is -0.471. The van der Waals surface area contributed by atoms with Crippen molar-refractivity contribution in [1.82, 2.24) is 20.6 Å². The third-order valence-corrected chi connectivity index (χ3v) is 6.60. The summed E-state index contributed by atoms with van der Waals surface area (Å²) in [6.07, 6.45) is 0. The van der Waals surface area contributed by atoms with Crippen LogP contribution < -0.4 is 11.2 Å². The summed E-state index contributed by atoms with van der Waals surface area (Å²) in [6, 6.07) is 13.8. The van der Waals surface area contributed by atoms with Crippen LogP contribution in [0.3, 0.4) is 0 Å². The molecule has 0 bridgehead atoms. The van der Waals surface area contributed by atoms with Gasteiger partial charge in [0.25, 0.3) is 11.8 Å². The van der Waals surface area contributed by atoms with Crippen molar-refractivity contribution in [2.24, 2.45) is 0 Å². The number of benzene rings is 2. The van der Waals surface area contributed by atoms with Crippen molar-refractivity contribution >= 4 is 39.7 Å². The number of hydroxylamine groups is 1. The molecule has 0 radical (unpaired) electrons. The molecule has 0 fully saturated rings. The lowest BCUT2D eigenvalue weighted by Gasteiger charge is -2.16. The standard InChI is InChI=1S/C24H21N5O3S/c1-13(23(30)28-32-2)11-29-12-17-15(6-7-18(25)21(17)24(29)31)14-5-8-19-16(10-14)22(27-26-19)20-4-3-9-33-20/h3-10H,1,11-12,25H2,2H3,(H,26,27)(H,28,30). The maximum Gasteiger partial charge on any atom is 0.271 e. The molecule has 8 nitrogen and oxygen atoms in total. The van der Waals surface area contributed by atoms with Crippen molar-refractivity contribution in [2.75, 3.05) is 19.4 Å². The van der Waals surface area contributed by atoms with Gasteiger partial charge in [-0.25, -0.2) is 5.48 Å². The van der Waals surface area contributed by atoms with Gasteiger partial charge in [-0.2, -0.15) is 5.10 Å². The maximum atomic E-state index is 13.1. The first-order chi connectivity index (χ1) is 16.0. The van der Waals surface area contributed by atoms with Gasteiger partial charge in [-0.1, -0.05) is 24.8 Å². The Kier molecular flexibility index (Phi) is 5.20. The third-order valence-electron chi connectivity index (χ3n) is 5.72. The predicted molar refractivity (Wildman–Crippen MR) is 128 cm³/mol. The number of nitrogens with one attached hydrogen (secondary N) is 2. The molecule has 1 aliphatic heterocycles. The highest BCUT2D eigenvalue weighted by Gasteiger charge is 2.32. The molecule has 33 heavy (non-hydrogen) atoms. The lowest BCUT2D eigenvalue weighted by Crippen LogP contribution is -2.32. The number of nitrogens with zero attached hydrogens (tertiary/aromatic N) is 2. The lowest BCUT2D eigenvalue weighted by atomic mass is 9.94. The number of carbonyl (C=O) groups is 2. The van der Waals surface area contributed by atoms with Crippen LogP contribution in [-0.4, -0.2) is 40.6 Å². The number of nitrogen functional groups attached to an aromatic ring is 1. The van der Waals surface area contributed by atoms with Crippen molar-refractivity contribution < 1.29 is 14.4 Å². The van der Waals surface area contributed by atoms with Crippen LogP contribution in [0.15, 0.2) is 60.0 Å². The molecule has 0 unspecified atom stereocenters. The van der Waals surface area contributed by atoms with E-state index in [2.05, 4.69) is 33.2 Å². The van der Waals surface area contributed by atoms with Gasteiger partial charge in [-0.05, 0) is 46.3 Å². The van der Waals surface area contributed by atoms with Crippen LogP contribution in [0, 0.1) is 0 Å². The van der Waals surface area contributed by atoms with Gasteiger partial charge in [0.2, 0.25) is 0 Å². The monoisotopic (exact) mass is 459 g/mol. The van der Waals surface area contributed by atoms with Crippen molar-refractivity contribution in [2.45, 2.75) is 6.54 Å². The van der Waals surface area contributed by atoms with Gasteiger partial charge in [-0.3, -0.25) is 19.5 Å². The SMILES string of the molecule is C=C(CN1Cc2c(-c3ccc4[nH]nc(-c5cccs5)c4c3)ccc(N)c2C1=O)C(=O)NOC. The van der Waals surface area contributed by atoms with Gasteiger partial charge < -0.3 is 10.6 Å². The Morgan fingerprint density at radius 3 is 2.94 bits per heavy atom. The Bertz CT molecular complexity index is 1410. The molecule has 4 aromatic rings. The Balaban J connectivity index is 1.53. The highest BCUT2D eigenvalue weighted by Crippen LogP contribution is 2.38. The number of rotatable bonds is 6. The van der Waals surface area contributed by atoms with Gasteiger partial charge in [0.1, 0.15) is 5.69 Å². The highest BCUT2D eigenvalue weighted by molar-refractivity contribution is 7.13. The Labute approximate surface area is 193 Å². The first-order valence-corrected chi connectivity index (χ1v) is 11.1. The maximum absolute atomic E-state index is 13.1. The molecule has 0 aliphatic carbocycles. The van der Waals surface area contributed by atoms with Crippen LogP contribution in [-0.2, 0) is 16.2 Å². The van der Waals surface area contributed by atoms with Crippen LogP contribution in [0.25, 0.3) is 32.6 Å². The second kappa shape index (κ2) is 8.19. The predicted octanol–water partition coefficient (Wildman–Crippen LogP) is 3.73. The number of carbonyl (C=O) groups excluding carboxylic acids is 2. The number of aromatic nitrogens is 2. The fraction of sp³-hybridized carbons (Fsp3) is 0.125. The Morgan fingerprint density at radius 1 is 1.33 bits per heavy atom. The van der Waals surface area contributed by atoms with E-state index in [9.17, 15) is 9.59 Å². The summed E-state index contributed by atoms with van der Waals surface area (Å²) in [5.74, 6) is -0.694. The van der Waals surface area contributed by atoms with Crippen molar-refractivity contribution in [3.63, 3.8) is 0 Å². The summed E-state index contributed by atoms with van der Waals surface area (Å²) in [5, 5.41) is 10.6. The second-order valence-corrected chi connectivity index (χ2v) is 8.71. The number of thiophene rings is 1. The average Bonchev–Trinajstić information content (AvgIpc) is 3.53. The van der Waals surface area contributed by atoms with Crippen LogP contribution in [0.4, 0.5) is 5.69 Å². The van der Waals surface area contributed by atoms with E-state index in [0.717, 1.165) is 38.2 Å². The van der Waals surface area contributed by atoms with Crippen molar-refractivity contribution in [1.29, 1.82) is 0 Å². The van der Waals surface area contributed by atoms with Gasteiger partial charge in [0, 0.05) is 23.2 Å². The second-order valence-electron chi connectivity index (χ2n) is 7.77. The van der Waals surface area contributed by atoms with Gasteiger partial charge in [0.15, 0.2) is 0 Å². The van der Waals surface area contributed by atoms with E-state index in [4.69, 9.17) is 5.73 Å². The van der Waals surface area contributed by atoms with Gasteiger partial charge >= 0.3 is 0 Å². The molecule has 3 heterocycles. The van der Waals surface area contributed by atoms with Crippen LogP contribution in [0.1, 0.15) is 15.9 Å². The zero-order valence-electron chi connectivity index (χ0n) is 17.8. The number of hydrogen-bond acceptors (Lipinski definition) is 6. The normalized spacial score (nSPS) is 12.9. The number of fused-ring (bicyclic) bond motifs is 2. The molecule has 2 amide bonds. The molecule has 2 aromatic carbocycles. The average molecular weight is 460 g/mol. The zero-order chi connectivity index (χ0) is 23.1. The summed E-state index contributed by atoms with van der Waals surface area (Å²) in [7, 11) is 1.34. The minimum absolute atomic E-state index is 0.0743. The summed E-state index contributed by atoms with van der Waals surface area (Å²) in [6.45, 7) is 4.18. The first kappa shape index (κ1) is 20.9. The van der Waals surface area contributed by atoms with E-state index in [-0.39, 0.29) is 18.0 Å². The number of aromatic amines is 1. The summed E-state index contributed by atoms with van der Waals surface area (Å²) >= 11 is 1.63. The molecule has 166 valence electrons. The zero-order valence-corrected chi connectivity index (χ0v) is 18.7. The van der Waals surface area contributed by atoms with Crippen molar-refractivity contribution in [3.05, 3.63) is 71.1 Å². The van der Waals surface area contributed by atoms with Gasteiger partial charge in [-0.15, -0.1) is 11.3 Å². The van der Waals surface area contributed by atoms with Crippen LogP contribution in [0.2, 0.25) is 0 Å². The van der Waals surface area contributed by atoms with E-state index in [1.54, 1.807) is 22.3 Å². The third kappa shape index (κ3) is 3.57. The Morgan fingerprint density at radius 2 is 2.18 bits per heavy atom. The fourth-order valence-electron chi connectivity index (χ4n) is 4.15. The fourth-order valence-corrected chi connectivity index (χ4v) is 4.88. The topological polar surface area (TPSA) is 113 Å². The van der Waals surface area contributed by atoms with E-state index in [1.165, 1.54) is 7.11 Å². The van der Waals surface area contributed by atoms with E-state index < -0.39 is 5.91 Å². The molecule has 2 aromatic heterocycles. The minimum Gasteiger partial charge on any atom is -0.398 e. The Hall–Kier alpha value is -3.95. The van der Waals surface area contributed by atoms with E-state index in [1.807, 2.05) is 35.7 Å². The molecule has 0 atom stereocenters. The number of hydrogen-bond donors (Lipinski definition) is 3. The molecule has 0 saturated heterocycles. The van der Waals surface area contributed by atoms with Gasteiger partial charge in [0.05, 0.1) is 29.6 Å². The number of anilines is 1. The summed E-state index contributed by atoms with van der Waals surface area (Å²) < 4.78 is 0. The molecule has 5 rings (SSSR count). The van der Waals surface area contributed by atoms with Crippen molar-refractivity contribution in [3.8, 4) is 21.7 Å². The first-order valence-electron chi connectivity index (χ1n) is 10.2. The number of amides is 2. The number of nitrogens with two attached hydrogens (primary N) is 1. The smallest absolute Gasteiger partial charge is 0.271 e. The van der Waals surface area contributed by atoms with Crippen LogP contribution >= 0.6 is 11.3 Å². The van der Waals surface area contributed by atoms with E-state index in [0.29, 0.717) is 17.8 Å². The lowest BCUT2D eigenvalue weighted by molar-refractivity contribution is -0.127. The molecule has 9 heteroatoms. The molecular weight excluding hydrogens is 438 g/mol. The summed E-state index contributed by atoms with van der Waals surface area (Å²) in [4.78, 5) is 32.4. The quantitative estimate of drug-likeness (QED) is 0.231. The van der Waals surface area contributed by atoms with Crippen LogP contribution in [0.5, 0.6) is 0 Å². The largest absolute Gasteiger partial charge is 0.398 e. The molecule has 4 N–H and O–H groups in total. The molecular formula is C24H21N5O3S. The summed E-state index contributed by atoms with van der Waals surface area (Å²) in [5.41, 5.74) is 14.1.